The summed E-state index contributed by atoms with van der Waals surface area (Å²) >= 11 is 3.17. The molecule has 4 aromatic heterocycles. The zero-order valence-corrected chi connectivity index (χ0v) is 12.4. The summed E-state index contributed by atoms with van der Waals surface area (Å²) in [6, 6.07) is 4.03. The molecule has 0 aliphatic heterocycles. The topological polar surface area (TPSA) is 60.9 Å². The quantitative estimate of drug-likeness (QED) is 0.571. The Kier molecular flexibility index (Phi) is 2.48. The lowest BCUT2D eigenvalue weighted by Crippen LogP contribution is -1.95. The van der Waals surface area contributed by atoms with E-state index in [-0.39, 0.29) is 0 Å². The second-order valence-corrected chi connectivity index (χ2v) is 6.27. The van der Waals surface area contributed by atoms with E-state index in [1.807, 2.05) is 22.3 Å². The molecule has 0 aliphatic carbocycles. The molecule has 0 saturated heterocycles. The minimum Gasteiger partial charge on any atom is -0.265 e. The van der Waals surface area contributed by atoms with E-state index >= 15 is 0 Å². The smallest absolute Gasteiger partial charge is 0.235 e. The molecule has 0 unspecified atom stereocenters. The van der Waals surface area contributed by atoms with Gasteiger partial charge in [-0.3, -0.25) is 4.68 Å². The summed E-state index contributed by atoms with van der Waals surface area (Å²) in [4.78, 5) is 1.91. The maximum atomic E-state index is 4.63. The molecule has 100 valence electrons. The third-order valence-corrected chi connectivity index (χ3v) is 5.03. The van der Waals surface area contributed by atoms with E-state index in [0.29, 0.717) is 0 Å². The van der Waals surface area contributed by atoms with Crippen LogP contribution in [0.4, 0.5) is 0 Å². The summed E-state index contributed by atoms with van der Waals surface area (Å²) in [5.41, 5.74) is 2.17. The van der Waals surface area contributed by atoms with E-state index in [0.717, 1.165) is 26.4 Å². The molecule has 4 aromatic rings. The zero-order chi connectivity index (χ0) is 13.7. The van der Waals surface area contributed by atoms with Crippen molar-refractivity contribution in [3.05, 3.63) is 29.3 Å². The molecule has 0 aromatic carbocycles. The third kappa shape index (κ3) is 1.61. The Bertz CT molecular complexity index is 896. The van der Waals surface area contributed by atoms with Gasteiger partial charge in [-0.15, -0.1) is 21.5 Å². The van der Waals surface area contributed by atoms with Gasteiger partial charge < -0.3 is 0 Å². The first kappa shape index (κ1) is 11.7. The lowest BCUT2D eigenvalue weighted by atomic mass is 10.3. The average molecular weight is 302 g/mol. The predicted molar refractivity (Wildman–Crippen MR) is 78.9 cm³/mol. The highest BCUT2D eigenvalue weighted by molar-refractivity contribution is 7.19. The monoisotopic (exact) mass is 302 g/mol. The van der Waals surface area contributed by atoms with Crippen molar-refractivity contribution >= 4 is 27.6 Å². The first-order chi connectivity index (χ1) is 9.74. The molecule has 0 radical (unpaired) electrons. The van der Waals surface area contributed by atoms with E-state index in [1.165, 1.54) is 16.9 Å². The second kappa shape index (κ2) is 4.22. The van der Waals surface area contributed by atoms with Crippen molar-refractivity contribution in [3.8, 4) is 21.4 Å². The molecule has 0 N–H and O–H groups in total. The van der Waals surface area contributed by atoms with Crippen LogP contribution in [0.25, 0.3) is 26.4 Å². The number of aryl methyl sites for hydroxylation is 2. The van der Waals surface area contributed by atoms with E-state index < -0.39 is 0 Å². The molecule has 0 spiro atoms. The van der Waals surface area contributed by atoms with Gasteiger partial charge in [-0.05, 0) is 30.0 Å². The van der Waals surface area contributed by atoms with Crippen molar-refractivity contribution in [1.29, 1.82) is 0 Å². The van der Waals surface area contributed by atoms with E-state index in [2.05, 4.69) is 38.8 Å². The van der Waals surface area contributed by atoms with Gasteiger partial charge in [-0.1, -0.05) is 11.3 Å². The molecule has 0 atom stereocenters. The highest BCUT2D eigenvalue weighted by atomic mass is 32.1. The molecule has 4 rings (SSSR count). The standard InChI is InChI=1S/C12H10N6S2/c1-7-4-6-19-9(7)10-14-15-12-18(10)16-11(20-12)8-3-5-13-17(8)2/h3-6H,1-2H3. The largest absolute Gasteiger partial charge is 0.265 e. The summed E-state index contributed by atoms with van der Waals surface area (Å²) in [6.45, 7) is 2.07. The predicted octanol–water partition coefficient (Wildman–Crippen LogP) is 2.62. The first-order valence-corrected chi connectivity index (χ1v) is 7.69. The lowest BCUT2D eigenvalue weighted by molar-refractivity contribution is 0.772. The van der Waals surface area contributed by atoms with Crippen molar-refractivity contribution in [3.63, 3.8) is 0 Å². The SMILES string of the molecule is Cc1ccsc1-c1nnc2sc(-c3ccnn3C)nn12. The van der Waals surface area contributed by atoms with Gasteiger partial charge in [0.2, 0.25) is 4.96 Å². The number of hydrogen-bond acceptors (Lipinski definition) is 6. The Morgan fingerprint density at radius 3 is 2.80 bits per heavy atom. The van der Waals surface area contributed by atoms with E-state index in [1.54, 1.807) is 17.5 Å². The summed E-state index contributed by atoms with van der Waals surface area (Å²) in [7, 11) is 1.90. The molecule has 20 heavy (non-hydrogen) atoms. The van der Waals surface area contributed by atoms with Gasteiger partial charge in [0.25, 0.3) is 0 Å². The van der Waals surface area contributed by atoms with Crippen LogP contribution in [-0.2, 0) is 7.05 Å². The maximum absolute atomic E-state index is 4.63. The number of rotatable bonds is 2. The van der Waals surface area contributed by atoms with Crippen LogP contribution in [0.2, 0.25) is 0 Å². The van der Waals surface area contributed by atoms with Gasteiger partial charge in [0, 0.05) is 13.2 Å². The van der Waals surface area contributed by atoms with Gasteiger partial charge in [0.15, 0.2) is 10.8 Å². The van der Waals surface area contributed by atoms with Crippen LogP contribution in [0.5, 0.6) is 0 Å². The van der Waals surface area contributed by atoms with Crippen LogP contribution in [0.3, 0.4) is 0 Å². The Hall–Kier alpha value is -2.06. The molecular formula is C12H10N6S2. The second-order valence-electron chi connectivity index (χ2n) is 4.40. The van der Waals surface area contributed by atoms with Crippen molar-refractivity contribution in [2.24, 2.45) is 7.05 Å². The average Bonchev–Trinajstić information content (AvgIpc) is 3.12. The van der Waals surface area contributed by atoms with Gasteiger partial charge in [0.05, 0.1) is 10.6 Å². The number of hydrogen-bond donors (Lipinski definition) is 0. The van der Waals surface area contributed by atoms with Crippen LogP contribution in [0.15, 0.2) is 23.7 Å². The van der Waals surface area contributed by atoms with Gasteiger partial charge in [-0.2, -0.15) is 14.7 Å². The number of thiophene rings is 1. The van der Waals surface area contributed by atoms with Gasteiger partial charge >= 0.3 is 0 Å². The highest BCUT2D eigenvalue weighted by Gasteiger charge is 2.17. The Labute approximate surface area is 122 Å². The van der Waals surface area contributed by atoms with Gasteiger partial charge in [0.1, 0.15) is 0 Å². The molecule has 0 aliphatic rings. The Balaban J connectivity index is 1.92. The van der Waals surface area contributed by atoms with Crippen LogP contribution < -0.4 is 0 Å². The highest BCUT2D eigenvalue weighted by Crippen LogP contribution is 2.31. The summed E-state index contributed by atoms with van der Waals surface area (Å²) in [5, 5.41) is 20.2. The molecule has 6 nitrogen and oxygen atoms in total. The van der Waals surface area contributed by atoms with Crippen LogP contribution in [0.1, 0.15) is 5.56 Å². The van der Waals surface area contributed by atoms with Crippen molar-refractivity contribution in [2.75, 3.05) is 0 Å². The zero-order valence-electron chi connectivity index (χ0n) is 10.8. The molecule has 8 heteroatoms. The lowest BCUT2D eigenvalue weighted by Gasteiger charge is -1.96. The first-order valence-electron chi connectivity index (χ1n) is 5.99. The third-order valence-electron chi connectivity index (χ3n) is 3.10. The fraction of sp³-hybridized carbons (Fsp3) is 0.167. The molecule has 0 saturated carbocycles. The Morgan fingerprint density at radius 2 is 2.10 bits per heavy atom. The van der Waals surface area contributed by atoms with Crippen molar-refractivity contribution < 1.29 is 0 Å². The molecule has 0 amide bonds. The van der Waals surface area contributed by atoms with Crippen molar-refractivity contribution in [2.45, 2.75) is 6.92 Å². The number of aromatic nitrogens is 6. The summed E-state index contributed by atoms with van der Waals surface area (Å²) in [6.07, 6.45) is 1.77. The summed E-state index contributed by atoms with van der Waals surface area (Å²) < 4.78 is 3.62. The number of nitrogens with zero attached hydrogens (tertiary/aromatic N) is 6. The molecule has 0 fully saturated rings. The molecule has 0 bridgehead atoms. The maximum Gasteiger partial charge on any atom is 0.235 e. The van der Waals surface area contributed by atoms with Crippen LogP contribution >= 0.6 is 22.7 Å². The fourth-order valence-electron chi connectivity index (χ4n) is 2.05. The van der Waals surface area contributed by atoms with E-state index in [4.69, 9.17) is 0 Å². The fourth-order valence-corrected chi connectivity index (χ4v) is 3.84. The van der Waals surface area contributed by atoms with E-state index in [9.17, 15) is 0 Å². The minimum absolute atomic E-state index is 0.795. The minimum atomic E-state index is 0.795. The summed E-state index contributed by atoms with van der Waals surface area (Å²) in [5.74, 6) is 0.803. The molecule has 4 heterocycles. The number of fused-ring (bicyclic) bond motifs is 1. The van der Waals surface area contributed by atoms with Gasteiger partial charge in [-0.25, -0.2) is 0 Å². The Morgan fingerprint density at radius 1 is 1.20 bits per heavy atom. The van der Waals surface area contributed by atoms with Crippen LogP contribution in [0, 0.1) is 6.92 Å². The van der Waals surface area contributed by atoms with Crippen molar-refractivity contribution in [1.82, 2.24) is 29.6 Å². The van der Waals surface area contributed by atoms with Crippen LogP contribution in [-0.4, -0.2) is 29.6 Å². The molecular weight excluding hydrogens is 292 g/mol. The normalized spacial score (nSPS) is 11.5.